The van der Waals surface area contributed by atoms with Crippen molar-refractivity contribution in [3.63, 3.8) is 0 Å². The number of rotatable bonds is 3. The summed E-state index contributed by atoms with van der Waals surface area (Å²) >= 11 is 0. The van der Waals surface area contributed by atoms with E-state index in [1.165, 1.54) is 11.1 Å². The third kappa shape index (κ3) is 6.31. The van der Waals surface area contributed by atoms with Crippen LogP contribution >= 0.6 is 0 Å². The zero-order chi connectivity index (χ0) is 21.6. The quantitative estimate of drug-likeness (QED) is 0.188. The largest absolute Gasteiger partial charge is 0.673 e. The van der Waals surface area contributed by atoms with Crippen LogP contribution in [0.4, 0.5) is 17.3 Å². The molecule has 0 spiro atoms. The molecule has 0 fully saturated rings. The summed E-state index contributed by atoms with van der Waals surface area (Å²) in [5, 5.41) is 0. The monoisotopic (exact) mass is 410 g/mol. The van der Waals surface area contributed by atoms with Crippen LogP contribution in [0, 0.1) is 6.92 Å². The smallest absolute Gasteiger partial charge is 0.418 e. The highest BCUT2D eigenvalue weighted by molar-refractivity contribution is 6.50. The fraction of sp³-hybridized carbons (Fsp3) is 0.0417. The van der Waals surface area contributed by atoms with E-state index >= 15 is 0 Å². The molecule has 0 radical (unpaired) electrons. The van der Waals surface area contributed by atoms with E-state index in [1.807, 2.05) is 24.3 Å². The second kappa shape index (κ2) is 9.40. The third-order valence-corrected chi connectivity index (χ3v) is 4.29. The summed E-state index contributed by atoms with van der Waals surface area (Å²) in [6.07, 6.45) is 0. The van der Waals surface area contributed by atoms with Crippen LogP contribution in [-0.2, 0) is 0 Å². The Balaban J connectivity index is 0.000000461. The number of benzene rings is 3. The minimum Gasteiger partial charge on any atom is -0.418 e. The second-order valence-electron chi connectivity index (χ2n) is 6.67. The first-order valence-corrected chi connectivity index (χ1v) is 9.33. The molecule has 1 heterocycles. The topological polar surface area (TPSA) is 11.3 Å². The molecule has 1 aromatic heterocycles. The Morgan fingerprint density at radius 1 is 0.533 bits per heavy atom. The van der Waals surface area contributed by atoms with Crippen LogP contribution in [-0.4, -0.2) is 7.25 Å². The first-order chi connectivity index (χ1) is 14.3. The van der Waals surface area contributed by atoms with Crippen molar-refractivity contribution < 1.29 is 21.7 Å². The highest BCUT2D eigenvalue weighted by Crippen LogP contribution is 2.32. The number of aryl methyl sites for hydroxylation is 1. The first-order valence-electron chi connectivity index (χ1n) is 9.33. The highest BCUT2D eigenvalue weighted by atomic mass is 19.5. The molecule has 0 amide bonds. The minimum atomic E-state index is -6.00. The van der Waals surface area contributed by atoms with Crippen LogP contribution < -0.4 is 0 Å². The van der Waals surface area contributed by atoms with Gasteiger partial charge in [-0.05, 0) is 36.8 Å². The van der Waals surface area contributed by atoms with Gasteiger partial charge in [0.25, 0.3) is 0 Å². The lowest BCUT2D eigenvalue weighted by Crippen LogP contribution is -2.02. The van der Waals surface area contributed by atoms with Gasteiger partial charge in [0.15, 0.2) is 0 Å². The second-order valence-corrected chi connectivity index (χ2v) is 6.67. The van der Waals surface area contributed by atoms with Gasteiger partial charge in [0.1, 0.15) is 0 Å². The minimum absolute atomic E-state index is 0.873. The Morgan fingerprint density at radius 2 is 0.933 bits per heavy atom. The van der Waals surface area contributed by atoms with Gasteiger partial charge in [-0.3, -0.25) is 0 Å². The van der Waals surface area contributed by atoms with Crippen LogP contribution in [0.25, 0.3) is 33.8 Å². The predicted molar refractivity (Wildman–Crippen MR) is 114 cm³/mol. The van der Waals surface area contributed by atoms with Crippen molar-refractivity contribution in [2.75, 3.05) is 0 Å². The lowest BCUT2D eigenvalue weighted by atomic mass is 10.0. The summed E-state index contributed by atoms with van der Waals surface area (Å²) in [4.78, 5) is 0. The predicted octanol–water partition coefficient (Wildman–Crippen LogP) is 8.17. The van der Waals surface area contributed by atoms with Crippen LogP contribution in [0.15, 0.2) is 101 Å². The molecule has 4 aromatic rings. The summed E-state index contributed by atoms with van der Waals surface area (Å²) in [6.45, 7) is 2.09. The Kier molecular flexibility index (Phi) is 6.67. The molecule has 0 N–H and O–H groups in total. The van der Waals surface area contributed by atoms with Crippen molar-refractivity contribution in [1.82, 2.24) is 0 Å². The highest BCUT2D eigenvalue weighted by Gasteiger charge is 2.21. The van der Waals surface area contributed by atoms with Gasteiger partial charge in [-0.1, -0.05) is 66.2 Å². The van der Waals surface area contributed by atoms with Gasteiger partial charge in [0, 0.05) is 5.56 Å². The molecule has 0 saturated carbocycles. The molecule has 0 aliphatic carbocycles. The molecule has 4 rings (SSSR count). The van der Waals surface area contributed by atoms with Gasteiger partial charge in [0.05, 0.1) is 23.3 Å². The molecule has 0 unspecified atom stereocenters. The van der Waals surface area contributed by atoms with E-state index in [2.05, 4.69) is 79.7 Å². The Morgan fingerprint density at radius 3 is 1.40 bits per heavy atom. The summed E-state index contributed by atoms with van der Waals surface area (Å²) in [5.74, 6) is 1.75. The maximum Gasteiger partial charge on any atom is 0.673 e. The molecule has 0 saturated heterocycles. The van der Waals surface area contributed by atoms with E-state index < -0.39 is 7.25 Å². The number of hydrogen-bond acceptors (Lipinski definition) is 0. The molecule has 0 atom stereocenters. The summed E-state index contributed by atoms with van der Waals surface area (Å²) < 4.78 is 45.3. The van der Waals surface area contributed by atoms with Gasteiger partial charge in [-0.15, -0.1) is 0 Å². The Labute approximate surface area is 172 Å². The molecule has 152 valence electrons. The molecule has 3 aromatic carbocycles. The van der Waals surface area contributed by atoms with E-state index in [0.29, 0.717) is 0 Å². The fourth-order valence-electron chi connectivity index (χ4n) is 2.90. The zero-order valence-corrected chi connectivity index (χ0v) is 16.2. The molecule has 1 nitrogen and oxygen atoms in total. The van der Waals surface area contributed by atoms with Crippen LogP contribution in [0.1, 0.15) is 5.56 Å². The number of halogens is 4. The van der Waals surface area contributed by atoms with E-state index in [-0.39, 0.29) is 0 Å². The van der Waals surface area contributed by atoms with Crippen molar-refractivity contribution in [3.05, 3.63) is 103 Å². The van der Waals surface area contributed by atoms with Crippen LogP contribution in [0.3, 0.4) is 0 Å². The third-order valence-electron chi connectivity index (χ3n) is 4.29. The summed E-state index contributed by atoms with van der Waals surface area (Å²) in [5.41, 5.74) is 5.74. The van der Waals surface area contributed by atoms with E-state index in [1.54, 1.807) is 0 Å². The van der Waals surface area contributed by atoms with Crippen molar-refractivity contribution in [1.29, 1.82) is 0 Å². The summed E-state index contributed by atoms with van der Waals surface area (Å²) in [6, 6.07) is 33.3. The standard InChI is InChI=1S/C24H19O.BF4/c1-18-12-14-21(15-13-18)24-17-22(19-8-4-2-5-9-19)16-23(25-24)20-10-6-3-7-11-20;2-1(3,4)5/h2-17H,1H3;/q+1;-1. The van der Waals surface area contributed by atoms with Gasteiger partial charge in [-0.25, -0.2) is 4.42 Å². The van der Waals surface area contributed by atoms with E-state index in [9.17, 15) is 17.3 Å². The van der Waals surface area contributed by atoms with Crippen LogP contribution in [0.5, 0.6) is 0 Å². The van der Waals surface area contributed by atoms with Crippen molar-refractivity contribution >= 4 is 7.25 Å². The normalized spacial score (nSPS) is 10.8. The Bertz CT molecular complexity index is 1020. The number of hydrogen-bond donors (Lipinski definition) is 0. The lowest BCUT2D eigenvalue weighted by Gasteiger charge is -2.02. The van der Waals surface area contributed by atoms with Crippen LogP contribution in [0.2, 0.25) is 0 Å². The first kappa shape index (κ1) is 21.3. The van der Waals surface area contributed by atoms with E-state index in [0.717, 1.165) is 28.2 Å². The maximum absolute atomic E-state index is 9.75. The average molecular weight is 410 g/mol. The van der Waals surface area contributed by atoms with Crippen molar-refractivity contribution in [2.45, 2.75) is 6.92 Å². The molecule has 6 heteroatoms. The molecular weight excluding hydrogens is 391 g/mol. The Hall–Kier alpha value is -3.41. The molecule has 30 heavy (non-hydrogen) atoms. The van der Waals surface area contributed by atoms with E-state index in [4.69, 9.17) is 4.42 Å². The van der Waals surface area contributed by atoms with Gasteiger partial charge in [-0.2, -0.15) is 0 Å². The van der Waals surface area contributed by atoms with Gasteiger partial charge >= 0.3 is 18.8 Å². The van der Waals surface area contributed by atoms with Gasteiger partial charge < -0.3 is 17.3 Å². The zero-order valence-electron chi connectivity index (χ0n) is 16.2. The average Bonchev–Trinajstić information content (AvgIpc) is 2.74. The fourth-order valence-corrected chi connectivity index (χ4v) is 2.90. The molecule has 0 aliphatic rings. The summed E-state index contributed by atoms with van der Waals surface area (Å²) in [7, 11) is -6.00. The molecule has 0 aliphatic heterocycles. The SMILES string of the molecule is Cc1ccc(-c2cc(-c3ccccc3)cc(-c3ccccc3)[o+]2)cc1.F[B-](F)(F)F. The van der Waals surface area contributed by atoms with Crippen molar-refractivity contribution in [3.8, 4) is 33.8 Å². The maximum atomic E-state index is 9.75. The molecular formula is C24H19BF4O. The lowest BCUT2D eigenvalue weighted by molar-refractivity contribution is 0.368. The van der Waals surface area contributed by atoms with Crippen molar-refractivity contribution in [2.24, 2.45) is 0 Å². The molecule has 0 bridgehead atoms. The van der Waals surface area contributed by atoms with Gasteiger partial charge in [0.2, 0.25) is 0 Å².